The van der Waals surface area contributed by atoms with Crippen molar-refractivity contribution in [3.63, 3.8) is 0 Å². The quantitative estimate of drug-likeness (QED) is 0.199. The lowest BCUT2D eigenvalue weighted by atomic mass is 9.81. The summed E-state index contributed by atoms with van der Waals surface area (Å²) in [4.78, 5) is 11.5. The molecule has 0 saturated heterocycles. The molecule has 0 radical (unpaired) electrons. The van der Waals surface area contributed by atoms with Crippen molar-refractivity contribution in [2.24, 2.45) is 11.3 Å². The van der Waals surface area contributed by atoms with Gasteiger partial charge >= 0.3 is 5.97 Å². The van der Waals surface area contributed by atoms with Gasteiger partial charge in [0, 0.05) is 12.2 Å². The molecule has 3 aromatic carbocycles. The molecule has 1 N–H and O–H groups in total. The fourth-order valence-corrected chi connectivity index (χ4v) is 5.40. The first-order chi connectivity index (χ1) is 19.6. The number of unbranched alkanes of at least 4 members (excludes halogenated alkanes) is 1. The van der Waals surface area contributed by atoms with E-state index in [0.29, 0.717) is 36.2 Å². The van der Waals surface area contributed by atoms with Crippen LogP contribution in [0.2, 0.25) is 0 Å². The second-order valence-electron chi connectivity index (χ2n) is 12.1. The van der Waals surface area contributed by atoms with Crippen molar-refractivity contribution in [1.29, 1.82) is 0 Å². The van der Waals surface area contributed by atoms with Crippen LogP contribution in [0, 0.1) is 17.2 Å². The van der Waals surface area contributed by atoms with Gasteiger partial charge in [0.2, 0.25) is 0 Å². The van der Waals surface area contributed by atoms with Gasteiger partial charge in [-0.2, -0.15) is 0 Å². The molecule has 0 bridgehead atoms. The number of carboxylic acids is 1. The van der Waals surface area contributed by atoms with Crippen LogP contribution in [0.25, 0.3) is 11.1 Å². The van der Waals surface area contributed by atoms with Crippen molar-refractivity contribution < 1.29 is 28.5 Å². The summed E-state index contributed by atoms with van der Waals surface area (Å²) < 4.78 is 33.3. The maximum atomic E-state index is 15.2. The van der Waals surface area contributed by atoms with Crippen molar-refractivity contribution in [2.75, 3.05) is 13.7 Å². The Hall–Kier alpha value is -3.38. The minimum Gasteiger partial charge on any atom is -0.497 e. The van der Waals surface area contributed by atoms with Crippen LogP contribution in [-0.4, -0.2) is 24.8 Å². The number of methoxy groups -OCH3 is 1. The van der Waals surface area contributed by atoms with E-state index in [9.17, 15) is 9.90 Å². The molecule has 0 aliphatic heterocycles. The Balaban J connectivity index is 1.66. The molecule has 6 heteroatoms. The van der Waals surface area contributed by atoms with E-state index in [4.69, 9.17) is 14.2 Å². The lowest BCUT2D eigenvalue weighted by Gasteiger charge is -2.33. The zero-order valence-corrected chi connectivity index (χ0v) is 24.9. The summed E-state index contributed by atoms with van der Waals surface area (Å²) in [6, 6.07) is 18.6. The van der Waals surface area contributed by atoms with Gasteiger partial charge in [0.15, 0.2) is 0 Å². The molecule has 220 valence electrons. The topological polar surface area (TPSA) is 65.0 Å². The molecule has 1 fully saturated rings. The van der Waals surface area contributed by atoms with Gasteiger partial charge < -0.3 is 19.3 Å². The van der Waals surface area contributed by atoms with Gasteiger partial charge in [-0.15, -0.1) is 0 Å². The van der Waals surface area contributed by atoms with Crippen LogP contribution >= 0.6 is 0 Å². The number of halogens is 1. The minimum absolute atomic E-state index is 0.00695. The number of aliphatic carboxylic acids is 1. The third-order valence-corrected chi connectivity index (χ3v) is 7.71. The van der Waals surface area contributed by atoms with E-state index in [1.165, 1.54) is 6.07 Å². The van der Waals surface area contributed by atoms with Crippen LogP contribution in [0.1, 0.15) is 88.5 Å². The highest BCUT2D eigenvalue weighted by Crippen LogP contribution is 2.45. The lowest BCUT2D eigenvalue weighted by Crippen LogP contribution is -2.23. The van der Waals surface area contributed by atoms with Crippen LogP contribution in [0.15, 0.2) is 60.7 Å². The van der Waals surface area contributed by atoms with Gasteiger partial charge in [-0.1, -0.05) is 58.4 Å². The first-order valence-corrected chi connectivity index (χ1v) is 14.6. The Labute approximate surface area is 243 Å². The number of hydrogen-bond acceptors (Lipinski definition) is 4. The van der Waals surface area contributed by atoms with Crippen molar-refractivity contribution in [3.05, 3.63) is 83.2 Å². The SMILES string of the molecule is CCCCO[C@@H](c1cc(COc2cccc([C@@H](CC(=O)O)C3CC3)c2)ccc1-c1cc(OC)ccc1F)C(C)(C)C. The van der Waals surface area contributed by atoms with E-state index in [1.54, 1.807) is 19.2 Å². The summed E-state index contributed by atoms with van der Waals surface area (Å²) in [6.45, 7) is 9.47. The van der Waals surface area contributed by atoms with E-state index >= 15 is 4.39 Å². The molecular weight excluding hydrogens is 519 g/mol. The van der Waals surface area contributed by atoms with Gasteiger partial charge in [0.25, 0.3) is 0 Å². The molecule has 1 aliphatic carbocycles. The molecule has 41 heavy (non-hydrogen) atoms. The van der Waals surface area contributed by atoms with Crippen LogP contribution < -0.4 is 9.47 Å². The van der Waals surface area contributed by atoms with Gasteiger partial charge in [0.05, 0.1) is 19.6 Å². The molecule has 4 rings (SSSR count). The van der Waals surface area contributed by atoms with Crippen molar-refractivity contribution >= 4 is 5.97 Å². The zero-order valence-electron chi connectivity index (χ0n) is 24.9. The van der Waals surface area contributed by atoms with Crippen molar-refractivity contribution in [2.45, 2.75) is 78.4 Å². The second kappa shape index (κ2) is 13.5. The summed E-state index contributed by atoms with van der Waals surface area (Å²) in [5.74, 6) is 0.632. The molecule has 0 spiro atoms. The predicted octanol–water partition coefficient (Wildman–Crippen LogP) is 8.95. The summed E-state index contributed by atoms with van der Waals surface area (Å²) in [6.07, 6.45) is 3.97. The Morgan fingerprint density at radius 3 is 2.46 bits per heavy atom. The fraction of sp³-hybridized carbons (Fsp3) is 0.457. The Morgan fingerprint density at radius 1 is 1.02 bits per heavy atom. The summed E-state index contributed by atoms with van der Waals surface area (Å²) in [5.41, 5.74) is 3.85. The van der Waals surface area contributed by atoms with Crippen LogP contribution in [0.3, 0.4) is 0 Å². The molecule has 0 aromatic heterocycles. The molecule has 2 atom stereocenters. The van der Waals surface area contributed by atoms with Gasteiger partial charge in [-0.25, -0.2) is 4.39 Å². The van der Waals surface area contributed by atoms with Crippen LogP contribution in [0.5, 0.6) is 11.5 Å². The molecule has 5 nitrogen and oxygen atoms in total. The number of benzene rings is 3. The molecule has 3 aromatic rings. The van der Waals surface area contributed by atoms with E-state index in [-0.39, 0.29) is 29.7 Å². The first kappa shape index (κ1) is 30.6. The number of hydrogen-bond donors (Lipinski definition) is 1. The van der Waals surface area contributed by atoms with E-state index in [0.717, 1.165) is 47.9 Å². The summed E-state index contributed by atoms with van der Waals surface area (Å²) >= 11 is 0. The van der Waals surface area contributed by atoms with Crippen molar-refractivity contribution in [3.8, 4) is 22.6 Å². The third kappa shape index (κ3) is 8.10. The number of ether oxygens (including phenoxy) is 3. The Kier molecular flexibility index (Phi) is 10.1. The summed E-state index contributed by atoms with van der Waals surface area (Å²) in [5, 5.41) is 9.42. The molecule has 0 amide bonds. The van der Waals surface area contributed by atoms with Gasteiger partial charge in [-0.3, -0.25) is 4.79 Å². The molecular formula is C35H43FO5. The van der Waals surface area contributed by atoms with E-state index in [2.05, 4.69) is 33.8 Å². The minimum atomic E-state index is -0.775. The van der Waals surface area contributed by atoms with E-state index < -0.39 is 5.97 Å². The lowest BCUT2D eigenvalue weighted by molar-refractivity contribution is -0.137. The van der Waals surface area contributed by atoms with Gasteiger partial charge in [-0.05, 0) is 95.2 Å². The van der Waals surface area contributed by atoms with Crippen molar-refractivity contribution in [1.82, 2.24) is 0 Å². The molecule has 1 aliphatic rings. The Bertz CT molecular complexity index is 1320. The van der Waals surface area contributed by atoms with Gasteiger partial charge in [0.1, 0.15) is 23.9 Å². The number of carbonyl (C=O) groups is 1. The zero-order chi connectivity index (χ0) is 29.6. The predicted molar refractivity (Wildman–Crippen MR) is 160 cm³/mol. The van der Waals surface area contributed by atoms with Crippen LogP contribution in [-0.2, 0) is 16.1 Å². The smallest absolute Gasteiger partial charge is 0.303 e. The average molecular weight is 563 g/mol. The standard InChI is InChI=1S/C35H43FO5/c1-6-7-17-40-34(35(2,3)4)31-18-23(11-15-28(31)30-20-26(39-5)14-16-32(30)36)22-41-27-10-8-9-25(19-27)29(21-33(37)38)24-12-13-24/h8-11,14-16,18-20,24,29,34H,6-7,12-13,17,21-22H2,1-5H3,(H,37,38)/t29-,34-/m0/s1. The largest absolute Gasteiger partial charge is 0.497 e. The number of carboxylic acid groups (broad SMARTS) is 1. The first-order valence-electron chi connectivity index (χ1n) is 14.6. The second-order valence-corrected chi connectivity index (χ2v) is 12.1. The highest BCUT2D eigenvalue weighted by molar-refractivity contribution is 5.71. The molecule has 0 unspecified atom stereocenters. The molecule has 1 saturated carbocycles. The van der Waals surface area contributed by atoms with Crippen LogP contribution in [0.4, 0.5) is 4.39 Å². The maximum Gasteiger partial charge on any atom is 0.303 e. The average Bonchev–Trinajstić information content (AvgIpc) is 3.78. The third-order valence-electron chi connectivity index (χ3n) is 7.71. The summed E-state index contributed by atoms with van der Waals surface area (Å²) in [7, 11) is 1.58. The monoisotopic (exact) mass is 562 g/mol. The maximum absolute atomic E-state index is 15.2. The van der Waals surface area contributed by atoms with E-state index in [1.807, 2.05) is 36.4 Å². The highest BCUT2D eigenvalue weighted by atomic mass is 19.1. The Morgan fingerprint density at radius 2 is 1.80 bits per heavy atom. The normalized spacial score (nSPS) is 14.9. The fourth-order valence-electron chi connectivity index (χ4n) is 5.40. The molecule has 0 heterocycles. The number of rotatable bonds is 14. The highest BCUT2D eigenvalue weighted by Gasteiger charge is 2.34.